The highest BCUT2D eigenvalue weighted by molar-refractivity contribution is 5.79. The van der Waals surface area contributed by atoms with Gasteiger partial charge >= 0.3 is 0 Å². The Kier molecular flexibility index (Phi) is 10.8. The summed E-state index contributed by atoms with van der Waals surface area (Å²) < 4.78 is 17.0. The summed E-state index contributed by atoms with van der Waals surface area (Å²) in [6, 6.07) is 8.19. The van der Waals surface area contributed by atoms with Crippen LogP contribution < -0.4 is 15.4 Å². The third-order valence-corrected chi connectivity index (χ3v) is 4.62. The van der Waals surface area contributed by atoms with Crippen molar-refractivity contribution < 1.29 is 14.2 Å². The first-order chi connectivity index (χ1) is 13.7. The molecule has 1 saturated heterocycles. The third kappa shape index (κ3) is 9.42. The number of hydrogen-bond donors (Lipinski definition) is 2. The first-order valence-corrected chi connectivity index (χ1v) is 10.5. The van der Waals surface area contributed by atoms with Crippen molar-refractivity contribution in [3.63, 3.8) is 0 Å². The molecule has 0 bridgehead atoms. The van der Waals surface area contributed by atoms with Crippen LogP contribution in [0.25, 0.3) is 0 Å². The van der Waals surface area contributed by atoms with Gasteiger partial charge < -0.3 is 24.8 Å². The van der Waals surface area contributed by atoms with Gasteiger partial charge in [0.05, 0.1) is 6.61 Å². The number of aliphatic imine (C=N–C) groups is 1. The molecular weight excluding hydrogens is 354 g/mol. The van der Waals surface area contributed by atoms with E-state index in [9.17, 15) is 0 Å². The van der Waals surface area contributed by atoms with E-state index in [1.807, 2.05) is 12.1 Å². The number of ether oxygens (including phenoxy) is 3. The van der Waals surface area contributed by atoms with Crippen LogP contribution in [0.4, 0.5) is 0 Å². The van der Waals surface area contributed by atoms with Crippen molar-refractivity contribution in [2.75, 3.05) is 46.6 Å². The normalized spacial score (nSPS) is 15.6. The quantitative estimate of drug-likeness (QED) is 0.344. The van der Waals surface area contributed by atoms with Gasteiger partial charge in [0, 0.05) is 46.6 Å². The van der Waals surface area contributed by atoms with Gasteiger partial charge in [0.1, 0.15) is 5.75 Å². The lowest BCUT2D eigenvalue weighted by atomic mass is 10.0. The summed E-state index contributed by atoms with van der Waals surface area (Å²) in [5.41, 5.74) is 1.17. The second-order valence-corrected chi connectivity index (χ2v) is 7.69. The topological polar surface area (TPSA) is 64.1 Å². The molecule has 1 fully saturated rings. The van der Waals surface area contributed by atoms with Crippen LogP contribution in [-0.2, 0) is 16.0 Å². The Hall–Kier alpha value is -1.79. The molecule has 2 N–H and O–H groups in total. The lowest BCUT2D eigenvalue weighted by Crippen LogP contribution is -2.37. The van der Waals surface area contributed by atoms with Crippen molar-refractivity contribution in [3.05, 3.63) is 29.8 Å². The van der Waals surface area contributed by atoms with Gasteiger partial charge in [-0.05, 0) is 48.8 Å². The SMILES string of the molecule is CN=C(NCCCOCC1CCOCC1)NCc1cccc(OCC(C)C)c1. The number of nitrogens with one attached hydrogen (secondary N) is 2. The van der Waals surface area contributed by atoms with Gasteiger partial charge in [-0.3, -0.25) is 4.99 Å². The van der Waals surface area contributed by atoms with Crippen LogP contribution in [0, 0.1) is 11.8 Å². The molecular formula is C22H37N3O3. The number of guanidine groups is 1. The maximum atomic E-state index is 5.80. The van der Waals surface area contributed by atoms with Crippen molar-refractivity contribution in [3.8, 4) is 5.75 Å². The fourth-order valence-electron chi connectivity index (χ4n) is 2.96. The largest absolute Gasteiger partial charge is 0.493 e. The average molecular weight is 392 g/mol. The van der Waals surface area contributed by atoms with Crippen LogP contribution >= 0.6 is 0 Å². The Bertz CT molecular complexity index is 572. The summed E-state index contributed by atoms with van der Waals surface area (Å²) in [6.45, 7) is 9.96. The minimum atomic E-state index is 0.519. The molecule has 158 valence electrons. The monoisotopic (exact) mass is 391 g/mol. The summed E-state index contributed by atoms with van der Waals surface area (Å²) in [5, 5.41) is 6.69. The van der Waals surface area contributed by atoms with E-state index in [1.165, 1.54) is 5.56 Å². The van der Waals surface area contributed by atoms with Gasteiger partial charge in [-0.1, -0.05) is 26.0 Å². The first kappa shape index (κ1) is 22.5. The molecule has 0 spiro atoms. The molecule has 6 nitrogen and oxygen atoms in total. The maximum absolute atomic E-state index is 5.80. The van der Waals surface area contributed by atoms with Crippen molar-refractivity contribution >= 4 is 5.96 Å². The Morgan fingerprint density at radius 2 is 2.07 bits per heavy atom. The second-order valence-electron chi connectivity index (χ2n) is 7.69. The van der Waals surface area contributed by atoms with Gasteiger partial charge in [-0.15, -0.1) is 0 Å². The molecule has 1 aromatic rings. The molecule has 0 aliphatic carbocycles. The molecule has 0 aromatic heterocycles. The lowest BCUT2D eigenvalue weighted by Gasteiger charge is -2.21. The molecule has 1 aromatic carbocycles. The maximum Gasteiger partial charge on any atom is 0.191 e. The van der Waals surface area contributed by atoms with Crippen molar-refractivity contribution in [1.29, 1.82) is 0 Å². The molecule has 0 unspecified atom stereocenters. The van der Waals surface area contributed by atoms with Gasteiger partial charge in [-0.2, -0.15) is 0 Å². The minimum Gasteiger partial charge on any atom is -0.493 e. The zero-order valence-corrected chi connectivity index (χ0v) is 17.7. The third-order valence-electron chi connectivity index (χ3n) is 4.62. The fourth-order valence-corrected chi connectivity index (χ4v) is 2.96. The Morgan fingerprint density at radius 3 is 2.82 bits per heavy atom. The highest BCUT2D eigenvalue weighted by atomic mass is 16.5. The Balaban J connectivity index is 1.58. The van der Waals surface area contributed by atoms with E-state index in [1.54, 1.807) is 7.05 Å². The van der Waals surface area contributed by atoms with Gasteiger partial charge in [-0.25, -0.2) is 0 Å². The molecule has 28 heavy (non-hydrogen) atoms. The minimum absolute atomic E-state index is 0.519. The van der Waals surface area contributed by atoms with E-state index in [0.29, 0.717) is 18.4 Å². The van der Waals surface area contributed by atoms with Crippen LogP contribution in [0.15, 0.2) is 29.3 Å². The van der Waals surface area contributed by atoms with Crippen molar-refractivity contribution in [2.45, 2.75) is 39.7 Å². The van der Waals surface area contributed by atoms with Gasteiger partial charge in [0.15, 0.2) is 5.96 Å². The lowest BCUT2D eigenvalue weighted by molar-refractivity contribution is 0.0203. The van der Waals surface area contributed by atoms with Gasteiger partial charge in [0.2, 0.25) is 0 Å². The van der Waals surface area contributed by atoms with Crippen LogP contribution in [0.1, 0.15) is 38.7 Å². The number of hydrogen-bond acceptors (Lipinski definition) is 4. The zero-order valence-electron chi connectivity index (χ0n) is 17.7. The number of benzene rings is 1. The molecule has 0 saturated carbocycles. The molecule has 1 aliphatic rings. The molecule has 2 rings (SSSR count). The standard InChI is InChI=1S/C22H37N3O3/c1-18(2)16-28-21-7-4-6-20(14-21)15-25-22(23-3)24-10-5-11-27-17-19-8-12-26-13-9-19/h4,6-7,14,18-19H,5,8-13,15-17H2,1-3H3,(H2,23,24,25). The fraction of sp³-hybridized carbons (Fsp3) is 0.682. The highest BCUT2D eigenvalue weighted by Gasteiger charge is 2.13. The first-order valence-electron chi connectivity index (χ1n) is 10.5. The second kappa shape index (κ2) is 13.4. The summed E-state index contributed by atoms with van der Waals surface area (Å²) in [7, 11) is 1.79. The predicted molar refractivity (Wildman–Crippen MR) is 114 cm³/mol. The average Bonchev–Trinajstić information content (AvgIpc) is 2.72. The molecule has 0 amide bonds. The van der Waals surface area contributed by atoms with Gasteiger partial charge in [0.25, 0.3) is 0 Å². The van der Waals surface area contributed by atoms with E-state index < -0.39 is 0 Å². The Morgan fingerprint density at radius 1 is 1.25 bits per heavy atom. The van der Waals surface area contributed by atoms with Crippen molar-refractivity contribution in [2.24, 2.45) is 16.8 Å². The highest BCUT2D eigenvalue weighted by Crippen LogP contribution is 2.15. The predicted octanol–water partition coefficient (Wildman–Crippen LogP) is 3.22. The smallest absolute Gasteiger partial charge is 0.191 e. The number of nitrogens with zero attached hydrogens (tertiary/aromatic N) is 1. The zero-order chi connectivity index (χ0) is 20.0. The summed E-state index contributed by atoms with van der Waals surface area (Å²) >= 11 is 0. The van der Waals surface area contributed by atoms with Crippen molar-refractivity contribution in [1.82, 2.24) is 10.6 Å². The summed E-state index contributed by atoms with van der Waals surface area (Å²) in [4.78, 5) is 4.28. The van der Waals surface area contributed by atoms with Crippen LogP contribution in [0.3, 0.4) is 0 Å². The van der Waals surface area contributed by atoms with E-state index in [-0.39, 0.29) is 0 Å². The Labute approximate surface area is 170 Å². The van der Waals surface area contributed by atoms with Crippen LogP contribution in [-0.4, -0.2) is 52.6 Å². The summed E-state index contributed by atoms with van der Waals surface area (Å²) in [5.74, 6) is 2.90. The molecule has 1 aliphatic heterocycles. The van der Waals surface area contributed by atoms with E-state index in [4.69, 9.17) is 14.2 Å². The number of rotatable bonds is 11. The molecule has 0 radical (unpaired) electrons. The molecule has 6 heteroatoms. The van der Waals surface area contributed by atoms with E-state index in [2.05, 4.69) is 41.6 Å². The van der Waals surface area contributed by atoms with E-state index in [0.717, 1.165) is 70.6 Å². The summed E-state index contributed by atoms with van der Waals surface area (Å²) in [6.07, 6.45) is 3.21. The molecule has 0 atom stereocenters. The van der Waals surface area contributed by atoms with Crippen LogP contribution in [0.2, 0.25) is 0 Å². The van der Waals surface area contributed by atoms with E-state index >= 15 is 0 Å². The van der Waals surface area contributed by atoms with Crippen LogP contribution in [0.5, 0.6) is 5.75 Å². The molecule has 1 heterocycles.